The van der Waals surface area contributed by atoms with E-state index in [4.69, 9.17) is 16.3 Å². The average molecular weight is 526 g/mol. The molecule has 0 radical (unpaired) electrons. The van der Waals surface area contributed by atoms with E-state index in [2.05, 4.69) is 49.3 Å². The number of hydrogen-bond donors (Lipinski definition) is 3. The molecule has 0 spiro atoms. The summed E-state index contributed by atoms with van der Waals surface area (Å²) in [7, 11) is 3.70. The molecule has 9 nitrogen and oxygen atoms in total. The molecular weight excluding hydrogens is 497 g/mol. The highest BCUT2D eigenvalue weighted by Gasteiger charge is 2.20. The molecule has 3 aromatic rings. The van der Waals surface area contributed by atoms with Crippen molar-refractivity contribution in [2.75, 3.05) is 61.2 Å². The van der Waals surface area contributed by atoms with Crippen LogP contribution in [0.15, 0.2) is 55.4 Å². The number of nitrogens with one attached hydrogen (secondary N) is 3. The van der Waals surface area contributed by atoms with Crippen LogP contribution in [-0.4, -0.2) is 61.1 Å². The molecule has 0 unspecified atom stereocenters. The minimum Gasteiger partial charge on any atom is -0.494 e. The van der Waals surface area contributed by atoms with E-state index < -0.39 is 5.82 Å². The molecule has 1 aliphatic rings. The van der Waals surface area contributed by atoms with Gasteiger partial charge < -0.3 is 30.5 Å². The normalized spacial score (nSPS) is 14.0. The Morgan fingerprint density at radius 2 is 1.86 bits per heavy atom. The van der Waals surface area contributed by atoms with Gasteiger partial charge in [0.25, 0.3) is 0 Å². The Morgan fingerprint density at radius 3 is 2.59 bits per heavy atom. The van der Waals surface area contributed by atoms with E-state index in [0.29, 0.717) is 34.4 Å². The molecule has 1 amide bonds. The number of carbonyl (C=O) groups excluding carboxylic acids is 1. The second-order valence-electron chi connectivity index (χ2n) is 8.57. The summed E-state index contributed by atoms with van der Waals surface area (Å²) in [6.45, 7) is 7.17. The molecule has 2 aromatic carbocycles. The van der Waals surface area contributed by atoms with Crippen molar-refractivity contribution in [2.45, 2.75) is 6.42 Å². The molecule has 0 bridgehead atoms. The maximum Gasteiger partial charge on any atom is 0.247 e. The van der Waals surface area contributed by atoms with Gasteiger partial charge >= 0.3 is 0 Å². The quantitative estimate of drug-likeness (QED) is 0.352. The number of hydrogen-bond acceptors (Lipinski definition) is 8. The van der Waals surface area contributed by atoms with Crippen LogP contribution < -0.4 is 25.6 Å². The molecule has 0 atom stereocenters. The Morgan fingerprint density at radius 1 is 1.08 bits per heavy atom. The van der Waals surface area contributed by atoms with Crippen molar-refractivity contribution in [2.24, 2.45) is 0 Å². The first-order chi connectivity index (χ1) is 17.9. The Labute approximate surface area is 220 Å². The lowest BCUT2D eigenvalue weighted by Crippen LogP contribution is -2.29. The highest BCUT2D eigenvalue weighted by molar-refractivity contribution is 6.31. The van der Waals surface area contributed by atoms with Gasteiger partial charge in [0.2, 0.25) is 5.91 Å². The summed E-state index contributed by atoms with van der Waals surface area (Å²) in [5.74, 6) is 0.733. The molecule has 0 saturated carbocycles. The third-order valence-electron chi connectivity index (χ3n) is 5.94. The number of ether oxygens (including phenoxy) is 1. The van der Waals surface area contributed by atoms with Crippen molar-refractivity contribution in [3.05, 3.63) is 66.2 Å². The Balaban J connectivity index is 1.63. The van der Waals surface area contributed by atoms with Gasteiger partial charge in [-0.3, -0.25) is 4.79 Å². The van der Waals surface area contributed by atoms with Gasteiger partial charge in [0.05, 0.1) is 29.2 Å². The fourth-order valence-corrected chi connectivity index (χ4v) is 4.20. The predicted molar refractivity (Wildman–Crippen MR) is 146 cm³/mol. The summed E-state index contributed by atoms with van der Waals surface area (Å²) in [5.41, 5.74) is 2.68. The van der Waals surface area contributed by atoms with Crippen LogP contribution in [0.5, 0.6) is 5.75 Å². The topological polar surface area (TPSA) is 94.7 Å². The number of methoxy groups -OCH3 is 1. The van der Waals surface area contributed by atoms with Crippen molar-refractivity contribution >= 4 is 51.9 Å². The van der Waals surface area contributed by atoms with Crippen LogP contribution in [0, 0.1) is 5.82 Å². The standard InChI is InChI=1S/C26H29ClFN7O2/c1-4-26(36)33-20-13-21(23(37-3)14-22(20)35-9-5-8-34(2)10-11-35)32-25-15-24(29-16-30-25)31-17-6-7-19(28)18(27)12-17/h4,6-7,12-16H,1,5,8-11H2,2-3H3,(H,33,36)(H2,29,30,31,32). The maximum absolute atomic E-state index is 13.5. The van der Waals surface area contributed by atoms with Crippen LogP contribution in [0.3, 0.4) is 0 Å². The van der Waals surface area contributed by atoms with Crippen molar-refractivity contribution in [3.63, 3.8) is 0 Å². The number of rotatable bonds is 8. The molecule has 4 rings (SSSR count). The second-order valence-corrected chi connectivity index (χ2v) is 8.98. The number of aromatic nitrogens is 2. The summed E-state index contributed by atoms with van der Waals surface area (Å²) in [5, 5.41) is 9.26. The highest BCUT2D eigenvalue weighted by atomic mass is 35.5. The molecule has 2 heterocycles. The Hall–Kier alpha value is -3.89. The van der Waals surface area contributed by atoms with Crippen LogP contribution in [0.4, 0.5) is 38.8 Å². The number of halogens is 2. The van der Waals surface area contributed by atoms with Crippen LogP contribution in [-0.2, 0) is 4.79 Å². The summed E-state index contributed by atoms with van der Waals surface area (Å²) in [6, 6.07) is 9.73. The number of carbonyl (C=O) groups is 1. The lowest BCUT2D eigenvalue weighted by atomic mass is 10.1. The molecular formula is C26H29ClFN7O2. The first-order valence-corrected chi connectivity index (χ1v) is 12.1. The first kappa shape index (κ1) is 26.2. The number of likely N-dealkylation sites (N-methyl/N-ethyl adjacent to an activating group) is 1. The minimum atomic E-state index is -0.501. The molecule has 1 aromatic heterocycles. The molecule has 3 N–H and O–H groups in total. The summed E-state index contributed by atoms with van der Waals surface area (Å²) < 4.78 is 19.2. The number of amides is 1. The number of anilines is 6. The van der Waals surface area contributed by atoms with E-state index in [0.717, 1.165) is 38.3 Å². The Kier molecular flexibility index (Phi) is 8.42. The van der Waals surface area contributed by atoms with E-state index in [1.54, 1.807) is 19.2 Å². The van der Waals surface area contributed by atoms with Gasteiger partial charge in [0.15, 0.2) is 0 Å². The summed E-state index contributed by atoms with van der Waals surface area (Å²) in [4.78, 5) is 25.3. The van der Waals surface area contributed by atoms with Gasteiger partial charge in [0.1, 0.15) is 29.5 Å². The number of nitrogens with zero attached hydrogens (tertiary/aromatic N) is 4. The minimum absolute atomic E-state index is 0.00684. The molecule has 37 heavy (non-hydrogen) atoms. The van der Waals surface area contributed by atoms with Gasteiger partial charge in [-0.15, -0.1) is 0 Å². The molecule has 194 valence electrons. The predicted octanol–water partition coefficient (Wildman–Crippen LogP) is 5.03. The van der Waals surface area contributed by atoms with E-state index in [-0.39, 0.29) is 10.9 Å². The van der Waals surface area contributed by atoms with E-state index in [1.807, 2.05) is 12.1 Å². The molecule has 1 saturated heterocycles. The van der Waals surface area contributed by atoms with Crippen molar-refractivity contribution in [1.29, 1.82) is 0 Å². The van der Waals surface area contributed by atoms with Gasteiger partial charge in [-0.2, -0.15) is 0 Å². The molecule has 1 fully saturated rings. The Bertz CT molecular complexity index is 1290. The fraction of sp³-hybridized carbons (Fsp3) is 0.269. The van der Waals surface area contributed by atoms with E-state index in [9.17, 15) is 9.18 Å². The van der Waals surface area contributed by atoms with Crippen molar-refractivity contribution in [3.8, 4) is 5.75 Å². The van der Waals surface area contributed by atoms with Crippen LogP contribution in [0.2, 0.25) is 5.02 Å². The van der Waals surface area contributed by atoms with Crippen LogP contribution in [0.25, 0.3) is 0 Å². The van der Waals surface area contributed by atoms with Crippen molar-refractivity contribution < 1.29 is 13.9 Å². The second kappa shape index (κ2) is 11.9. The molecule has 0 aliphatic carbocycles. The molecule has 11 heteroatoms. The van der Waals surface area contributed by atoms with E-state index >= 15 is 0 Å². The van der Waals surface area contributed by atoms with Crippen LogP contribution >= 0.6 is 11.6 Å². The smallest absolute Gasteiger partial charge is 0.247 e. The molecule has 1 aliphatic heterocycles. The van der Waals surface area contributed by atoms with Gasteiger partial charge in [-0.05, 0) is 50.4 Å². The summed E-state index contributed by atoms with van der Waals surface area (Å²) >= 11 is 5.88. The van der Waals surface area contributed by atoms with E-state index in [1.165, 1.54) is 24.5 Å². The third kappa shape index (κ3) is 6.66. The largest absolute Gasteiger partial charge is 0.494 e. The fourth-order valence-electron chi connectivity index (χ4n) is 4.02. The zero-order chi connectivity index (χ0) is 26.4. The average Bonchev–Trinajstić information content (AvgIpc) is 3.11. The number of benzene rings is 2. The zero-order valence-corrected chi connectivity index (χ0v) is 21.5. The van der Waals surface area contributed by atoms with Gasteiger partial charge in [-0.1, -0.05) is 18.2 Å². The lowest BCUT2D eigenvalue weighted by molar-refractivity contribution is -0.111. The lowest BCUT2D eigenvalue weighted by Gasteiger charge is -2.27. The van der Waals surface area contributed by atoms with Crippen molar-refractivity contribution in [1.82, 2.24) is 14.9 Å². The monoisotopic (exact) mass is 525 g/mol. The first-order valence-electron chi connectivity index (χ1n) is 11.8. The van der Waals surface area contributed by atoms with Gasteiger partial charge in [0, 0.05) is 37.5 Å². The summed E-state index contributed by atoms with van der Waals surface area (Å²) in [6.07, 6.45) is 3.63. The highest BCUT2D eigenvalue weighted by Crippen LogP contribution is 2.39. The maximum atomic E-state index is 13.5. The van der Waals surface area contributed by atoms with Gasteiger partial charge in [-0.25, -0.2) is 14.4 Å². The SMILES string of the molecule is C=CC(=O)Nc1cc(Nc2cc(Nc3ccc(F)c(Cl)c3)ncn2)c(OC)cc1N1CCCN(C)CC1. The zero-order valence-electron chi connectivity index (χ0n) is 20.7. The van der Waals surface area contributed by atoms with Crippen LogP contribution in [0.1, 0.15) is 6.42 Å². The third-order valence-corrected chi connectivity index (χ3v) is 6.23.